The van der Waals surface area contributed by atoms with Gasteiger partial charge in [-0.05, 0) is 11.5 Å². The van der Waals surface area contributed by atoms with Crippen LogP contribution in [0.5, 0.6) is 0 Å². The first kappa shape index (κ1) is 12.9. The number of carbonyl (C=O) groups excluding carboxylic acids is 3. The molecular formula is C14H11NO4. The van der Waals surface area contributed by atoms with Crippen LogP contribution in [0.1, 0.15) is 16.8 Å². The van der Waals surface area contributed by atoms with E-state index in [1.54, 1.807) is 30.6 Å². The molecule has 0 aliphatic rings. The number of hydrogen-bond donors (Lipinski definition) is 0. The molecule has 96 valence electrons. The minimum Gasteiger partial charge on any atom is -0.463 e. The molecule has 0 radical (unpaired) electrons. The lowest BCUT2D eigenvalue weighted by atomic mass is 10.00. The molecule has 1 aromatic heterocycles. The van der Waals surface area contributed by atoms with Crippen LogP contribution in [-0.4, -0.2) is 29.6 Å². The number of pyridine rings is 1. The fraction of sp³-hybridized carbons (Fsp3) is 0.143. The van der Waals surface area contributed by atoms with E-state index >= 15 is 0 Å². The Morgan fingerprint density at radius 1 is 1.21 bits per heavy atom. The van der Waals surface area contributed by atoms with Gasteiger partial charge < -0.3 is 4.74 Å². The molecule has 19 heavy (non-hydrogen) atoms. The number of hydrogen-bond acceptors (Lipinski definition) is 5. The van der Waals surface area contributed by atoms with E-state index in [1.165, 1.54) is 0 Å². The molecule has 0 aliphatic heterocycles. The van der Waals surface area contributed by atoms with Crippen molar-refractivity contribution in [2.45, 2.75) is 6.42 Å². The van der Waals surface area contributed by atoms with Crippen molar-refractivity contribution in [1.29, 1.82) is 0 Å². The second-order valence-electron chi connectivity index (χ2n) is 3.92. The molecule has 0 unspecified atom stereocenters. The zero-order valence-corrected chi connectivity index (χ0v) is 10.3. The normalized spacial score (nSPS) is 10.2. The predicted octanol–water partition coefficient (Wildman–Crippen LogP) is 1.55. The molecule has 5 heteroatoms. The molecular weight excluding hydrogens is 246 g/mol. The van der Waals surface area contributed by atoms with Crippen LogP contribution in [0.2, 0.25) is 0 Å². The summed E-state index contributed by atoms with van der Waals surface area (Å²) < 4.78 is 4.29. The summed E-state index contributed by atoms with van der Waals surface area (Å²) in [5, 5.41) is 1.51. The van der Waals surface area contributed by atoms with E-state index in [0.29, 0.717) is 10.9 Å². The summed E-state index contributed by atoms with van der Waals surface area (Å²) in [5.41, 5.74) is 0.400. The summed E-state index contributed by atoms with van der Waals surface area (Å²) in [4.78, 5) is 38.4. The monoisotopic (exact) mass is 257 g/mol. The van der Waals surface area contributed by atoms with Gasteiger partial charge in [0.05, 0.1) is 13.5 Å². The van der Waals surface area contributed by atoms with Crippen LogP contribution < -0.4 is 0 Å². The Morgan fingerprint density at radius 3 is 2.74 bits per heavy atom. The fourth-order valence-corrected chi connectivity index (χ4v) is 1.79. The van der Waals surface area contributed by atoms with Crippen LogP contribution in [0, 0.1) is 0 Å². The Labute approximate surface area is 109 Å². The highest BCUT2D eigenvalue weighted by Gasteiger charge is 2.20. The maximum atomic E-state index is 12.0. The number of ether oxygens (including phenoxy) is 1. The minimum atomic E-state index is -1.00. The largest absolute Gasteiger partial charge is 0.463 e. The number of carbonyl (C=O) groups is 3. The number of ketones is 2. The molecule has 1 heterocycles. The number of aromatic nitrogens is 1. The summed E-state index contributed by atoms with van der Waals surface area (Å²) in [6.45, 7) is 0. The average molecular weight is 257 g/mol. The summed E-state index contributed by atoms with van der Waals surface area (Å²) in [6.07, 6.45) is 2.71. The minimum absolute atomic E-state index is 0.400. The Hall–Kier alpha value is -2.56. The van der Waals surface area contributed by atoms with Crippen LogP contribution in [0.3, 0.4) is 0 Å². The molecule has 2 aromatic rings. The average Bonchev–Trinajstić information content (AvgIpc) is 2.45. The van der Waals surface area contributed by atoms with Crippen molar-refractivity contribution < 1.29 is 19.1 Å². The second kappa shape index (κ2) is 5.39. The van der Waals surface area contributed by atoms with Gasteiger partial charge >= 0.3 is 5.97 Å². The van der Waals surface area contributed by atoms with Crippen molar-refractivity contribution in [3.05, 3.63) is 42.2 Å². The van der Waals surface area contributed by atoms with Crippen molar-refractivity contribution in [1.82, 2.24) is 4.98 Å². The topological polar surface area (TPSA) is 73.3 Å². The molecule has 0 N–H and O–H groups in total. The maximum Gasteiger partial charge on any atom is 0.374 e. The van der Waals surface area contributed by atoms with Gasteiger partial charge in [0.25, 0.3) is 0 Å². The van der Waals surface area contributed by atoms with Crippen LogP contribution in [0.4, 0.5) is 0 Å². The van der Waals surface area contributed by atoms with Crippen molar-refractivity contribution in [3.63, 3.8) is 0 Å². The molecule has 0 bridgehead atoms. The van der Waals surface area contributed by atoms with Gasteiger partial charge in [0.1, 0.15) is 0 Å². The number of esters is 1. The van der Waals surface area contributed by atoms with Crippen LogP contribution in [0.15, 0.2) is 36.7 Å². The Kier molecular flexibility index (Phi) is 3.66. The predicted molar refractivity (Wildman–Crippen MR) is 67.7 cm³/mol. The Balaban J connectivity index is 2.32. The number of fused-ring (bicyclic) bond motifs is 1. The van der Waals surface area contributed by atoms with Crippen LogP contribution in [0.25, 0.3) is 10.8 Å². The fourth-order valence-electron chi connectivity index (χ4n) is 1.79. The highest BCUT2D eigenvalue weighted by atomic mass is 16.5. The Morgan fingerprint density at radius 2 is 2.00 bits per heavy atom. The van der Waals surface area contributed by atoms with E-state index in [-0.39, 0.29) is 0 Å². The smallest absolute Gasteiger partial charge is 0.374 e. The third-order valence-electron chi connectivity index (χ3n) is 2.72. The first-order valence-electron chi connectivity index (χ1n) is 5.60. The first-order valence-corrected chi connectivity index (χ1v) is 5.60. The second-order valence-corrected chi connectivity index (χ2v) is 3.92. The molecule has 0 spiro atoms. The molecule has 0 amide bonds. The highest BCUT2D eigenvalue weighted by Crippen LogP contribution is 2.19. The molecule has 0 saturated heterocycles. The van der Waals surface area contributed by atoms with Crippen LogP contribution in [-0.2, 0) is 14.3 Å². The van der Waals surface area contributed by atoms with Gasteiger partial charge in [-0.3, -0.25) is 14.6 Å². The summed E-state index contributed by atoms with van der Waals surface area (Å²) in [6, 6.07) is 6.85. The van der Waals surface area contributed by atoms with Crippen molar-refractivity contribution in [2.75, 3.05) is 7.11 Å². The molecule has 0 fully saturated rings. The van der Waals surface area contributed by atoms with Crippen molar-refractivity contribution >= 4 is 28.3 Å². The molecule has 0 aliphatic carbocycles. The lowest BCUT2D eigenvalue weighted by Crippen LogP contribution is -2.19. The third kappa shape index (κ3) is 2.65. The SMILES string of the molecule is COC(=O)C(=O)CC(=O)c1cccc2cnccc12. The highest BCUT2D eigenvalue weighted by molar-refractivity contribution is 6.38. The van der Waals surface area contributed by atoms with Crippen LogP contribution >= 0.6 is 0 Å². The summed E-state index contributed by atoms with van der Waals surface area (Å²) in [5.74, 6) is -2.26. The standard InChI is InChI=1S/C14H11NO4/c1-19-14(18)13(17)7-12(16)11-4-2-3-9-8-15-6-5-10(9)11/h2-6,8H,7H2,1H3. The number of benzene rings is 1. The van der Waals surface area contributed by atoms with Crippen molar-refractivity contribution in [3.8, 4) is 0 Å². The van der Waals surface area contributed by atoms with E-state index in [1.807, 2.05) is 6.07 Å². The maximum absolute atomic E-state index is 12.0. The van der Waals surface area contributed by atoms with Gasteiger partial charge in [-0.15, -0.1) is 0 Å². The summed E-state index contributed by atoms with van der Waals surface area (Å²) in [7, 11) is 1.11. The van der Waals surface area contributed by atoms with Gasteiger partial charge in [0.15, 0.2) is 5.78 Å². The number of Topliss-reactive ketones (excluding diaryl/α,β-unsaturated/α-hetero) is 2. The van der Waals surface area contributed by atoms with Crippen molar-refractivity contribution in [2.24, 2.45) is 0 Å². The van der Waals surface area contributed by atoms with E-state index < -0.39 is 24.0 Å². The zero-order chi connectivity index (χ0) is 13.8. The molecule has 5 nitrogen and oxygen atoms in total. The molecule has 0 atom stereocenters. The zero-order valence-electron chi connectivity index (χ0n) is 10.3. The number of rotatable bonds is 4. The number of nitrogens with zero attached hydrogens (tertiary/aromatic N) is 1. The van der Waals surface area contributed by atoms with Gasteiger partial charge in [0, 0.05) is 23.3 Å². The molecule has 1 aromatic carbocycles. The quantitative estimate of drug-likeness (QED) is 0.359. The first-order chi connectivity index (χ1) is 9.13. The van der Waals surface area contributed by atoms with E-state index in [9.17, 15) is 14.4 Å². The van der Waals surface area contributed by atoms with E-state index in [2.05, 4.69) is 9.72 Å². The number of methoxy groups -OCH3 is 1. The van der Waals surface area contributed by atoms with Gasteiger partial charge in [-0.25, -0.2) is 4.79 Å². The van der Waals surface area contributed by atoms with E-state index in [4.69, 9.17) is 0 Å². The lowest BCUT2D eigenvalue weighted by molar-refractivity contribution is -0.151. The lowest BCUT2D eigenvalue weighted by Gasteiger charge is -2.04. The van der Waals surface area contributed by atoms with Gasteiger partial charge in [0.2, 0.25) is 5.78 Å². The molecule has 2 rings (SSSR count). The van der Waals surface area contributed by atoms with E-state index in [0.717, 1.165) is 12.5 Å². The molecule has 0 saturated carbocycles. The van der Waals surface area contributed by atoms with Gasteiger partial charge in [-0.1, -0.05) is 18.2 Å². The van der Waals surface area contributed by atoms with Gasteiger partial charge in [-0.2, -0.15) is 0 Å². The Bertz CT molecular complexity index is 658. The summed E-state index contributed by atoms with van der Waals surface area (Å²) >= 11 is 0. The third-order valence-corrected chi connectivity index (χ3v) is 2.72.